The number of hydrogen-bond donors (Lipinski definition) is 1. The number of hydrogen-bond acceptors (Lipinski definition) is 3. The van der Waals surface area contributed by atoms with Crippen molar-refractivity contribution in [3.8, 4) is 0 Å². The van der Waals surface area contributed by atoms with Gasteiger partial charge in [0, 0.05) is 44.8 Å². The Balaban J connectivity index is 1.96. The highest BCUT2D eigenvalue weighted by Crippen LogP contribution is 2.15. The van der Waals surface area contributed by atoms with Gasteiger partial charge < -0.3 is 10.6 Å². The van der Waals surface area contributed by atoms with E-state index >= 15 is 0 Å². The van der Waals surface area contributed by atoms with Crippen LogP contribution in [0.4, 0.5) is 4.39 Å². The van der Waals surface area contributed by atoms with Gasteiger partial charge in [0.2, 0.25) is 0 Å². The van der Waals surface area contributed by atoms with Crippen LogP contribution in [0.15, 0.2) is 18.2 Å². The van der Waals surface area contributed by atoms with Gasteiger partial charge in [-0.3, -0.25) is 4.90 Å². The minimum atomic E-state index is -0.289. The SMILES string of the molecule is CC(C)CN1CCN(Cc2ccc(F)cc2C(N)=S)CC1. The molecule has 0 spiro atoms. The van der Waals surface area contributed by atoms with Gasteiger partial charge in [-0.1, -0.05) is 32.1 Å². The molecule has 5 heteroatoms. The summed E-state index contributed by atoms with van der Waals surface area (Å²) in [6.07, 6.45) is 0. The van der Waals surface area contributed by atoms with Crippen LogP contribution in [0.5, 0.6) is 0 Å². The van der Waals surface area contributed by atoms with Gasteiger partial charge in [-0.05, 0) is 23.6 Å². The van der Waals surface area contributed by atoms with Crippen molar-refractivity contribution in [3.05, 3.63) is 35.1 Å². The first kappa shape index (κ1) is 16.3. The van der Waals surface area contributed by atoms with Crippen molar-refractivity contribution in [2.75, 3.05) is 32.7 Å². The number of halogens is 1. The summed E-state index contributed by atoms with van der Waals surface area (Å²) in [5, 5.41) is 0. The Morgan fingerprint density at radius 2 is 1.86 bits per heavy atom. The number of rotatable bonds is 5. The van der Waals surface area contributed by atoms with Crippen LogP contribution in [-0.4, -0.2) is 47.5 Å². The molecule has 1 aliphatic rings. The van der Waals surface area contributed by atoms with Crippen molar-refractivity contribution in [2.45, 2.75) is 20.4 Å². The Kier molecular flexibility index (Phi) is 5.67. The van der Waals surface area contributed by atoms with Crippen molar-refractivity contribution >= 4 is 17.2 Å². The predicted octanol–water partition coefficient (Wildman–Crippen LogP) is 2.23. The first-order valence-corrected chi connectivity index (χ1v) is 7.89. The molecule has 0 unspecified atom stereocenters. The van der Waals surface area contributed by atoms with Crippen molar-refractivity contribution in [1.82, 2.24) is 9.80 Å². The number of nitrogens with two attached hydrogens (primary N) is 1. The zero-order chi connectivity index (χ0) is 15.4. The van der Waals surface area contributed by atoms with Crippen molar-refractivity contribution in [3.63, 3.8) is 0 Å². The normalized spacial score (nSPS) is 17.3. The van der Waals surface area contributed by atoms with Gasteiger partial charge >= 0.3 is 0 Å². The van der Waals surface area contributed by atoms with E-state index in [4.69, 9.17) is 18.0 Å². The van der Waals surface area contributed by atoms with E-state index in [1.54, 1.807) is 6.07 Å². The molecule has 2 rings (SSSR count). The molecule has 1 saturated heterocycles. The molecule has 0 bridgehead atoms. The molecule has 21 heavy (non-hydrogen) atoms. The fraction of sp³-hybridized carbons (Fsp3) is 0.562. The summed E-state index contributed by atoms with van der Waals surface area (Å²) in [4.78, 5) is 5.15. The van der Waals surface area contributed by atoms with E-state index in [1.807, 2.05) is 0 Å². The summed E-state index contributed by atoms with van der Waals surface area (Å²) in [5.74, 6) is 0.415. The monoisotopic (exact) mass is 309 g/mol. The average molecular weight is 309 g/mol. The van der Waals surface area contributed by atoms with Crippen LogP contribution >= 0.6 is 12.2 Å². The summed E-state index contributed by atoms with van der Waals surface area (Å²) in [5.41, 5.74) is 7.38. The van der Waals surface area contributed by atoms with Crippen LogP contribution in [0.2, 0.25) is 0 Å². The highest BCUT2D eigenvalue weighted by atomic mass is 32.1. The second kappa shape index (κ2) is 7.29. The second-order valence-corrected chi connectivity index (χ2v) is 6.58. The molecule has 0 radical (unpaired) electrons. The van der Waals surface area contributed by atoms with E-state index in [1.165, 1.54) is 12.1 Å². The molecule has 2 N–H and O–H groups in total. The standard InChI is InChI=1S/C16H24FN3S/c1-12(2)10-19-5-7-20(8-6-19)11-13-3-4-14(17)9-15(13)16(18)21/h3-4,9,12H,5-8,10-11H2,1-2H3,(H2,18,21). The summed E-state index contributed by atoms with van der Waals surface area (Å²) >= 11 is 5.03. The Bertz CT molecular complexity index is 496. The van der Waals surface area contributed by atoms with Gasteiger partial charge in [0.05, 0.1) is 0 Å². The van der Waals surface area contributed by atoms with Gasteiger partial charge in [0.1, 0.15) is 10.8 Å². The maximum atomic E-state index is 13.3. The summed E-state index contributed by atoms with van der Waals surface area (Å²) in [7, 11) is 0. The molecule has 1 fully saturated rings. The molecule has 3 nitrogen and oxygen atoms in total. The van der Waals surface area contributed by atoms with Gasteiger partial charge in [0.15, 0.2) is 0 Å². The molecule has 1 aromatic rings. The third-order valence-electron chi connectivity index (χ3n) is 3.82. The van der Waals surface area contributed by atoms with Gasteiger partial charge in [-0.2, -0.15) is 0 Å². The topological polar surface area (TPSA) is 32.5 Å². The average Bonchev–Trinajstić information content (AvgIpc) is 2.42. The lowest BCUT2D eigenvalue weighted by atomic mass is 10.1. The smallest absolute Gasteiger partial charge is 0.123 e. The molecular weight excluding hydrogens is 285 g/mol. The molecular formula is C16H24FN3S. The largest absolute Gasteiger partial charge is 0.389 e. The van der Waals surface area contributed by atoms with Crippen LogP contribution < -0.4 is 5.73 Å². The lowest BCUT2D eigenvalue weighted by Crippen LogP contribution is -2.47. The van der Waals surface area contributed by atoms with E-state index in [2.05, 4.69) is 23.6 Å². The highest BCUT2D eigenvalue weighted by molar-refractivity contribution is 7.80. The first-order chi connectivity index (χ1) is 9.95. The van der Waals surface area contributed by atoms with Crippen molar-refractivity contribution in [2.24, 2.45) is 11.7 Å². The molecule has 0 amide bonds. The van der Waals surface area contributed by atoms with Gasteiger partial charge in [-0.15, -0.1) is 0 Å². The lowest BCUT2D eigenvalue weighted by Gasteiger charge is -2.35. The van der Waals surface area contributed by atoms with E-state index in [0.29, 0.717) is 11.5 Å². The molecule has 0 atom stereocenters. The van der Waals surface area contributed by atoms with Gasteiger partial charge in [-0.25, -0.2) is 4.39 Å². The van der Waals surface area contributed by atoms with Gasteiger partial charge in [0.25, 0.3) is 0 Å². The second-order valence-electron chi connectivity index (χ2n) is 6.14. The molecule has 116 valence electrons. The fourth-order valence-electron chi connectivity index (χ4n) is 2.80. The third kappa shape index (κ3) is 4.73. The maximum Gasteiger partial charge on any atom is 0.123 e. The third-order valence-corrected chi connectivity index (χ3v) is 4.04. The Hall–Kier alpha value is -1.04. The van der Waals surface area contributed by atoms with E-state index in [0.717, 1.165) is 44.8 Å². The predicted molar refractivity (Wildman–Crippen MR) is 88.8 cm³/mol. The Labute approximate surface area is 131 Å². The van der Waals surface area contributed by atoms with E-state index < -0.39 is 0 Å². The first-order valence-electron chi connectivity index (χ1n) is 7.48. The Morgan fingerprint density at radius 3 is 2.43 bits per heavy atom. The quantitative estimate of drug-likeness (QED) is 0.846. The van der Waals surface area contributed by atoms with Crippen LogP contribution in [0.3, 0.4) is 0 Å². The molecule has 1 heterocycles. The number of nitrogens with zero attached hydrogens (tertiary/aromatic N) is 2. The van der Waals surface area contributed by atoms with Crippen molar-refractivity contribution < 1.29 is 4.39 Å². The zero-order valence-electron chi connectivity index (χ0n) is 12.8. The van der Waals surface area contributed by atoms with E-state index in [-0.39, 0.29) is 10.8 Å². The lowest BCUT2D eigenvalue weighted by molar-refractivity contribution is 0.117. The maximum absolute atomic E-state index is 13.3. The molecule has 0 aliphatic carbocycles. The minimum Gasteiger partial charge on any atom is -0.389 e. The molecule has 1 aromatic carbocycles. The minimum absolute atomic E-state index is 0.267. The highest BCUT2D eigenvalue weighted by Gasteiger charge is 2.19. The molecule has 1 aliphatic heterocycles. The number of benzene rings is 1. The summed E-state index contributed by atoms with van der Waals surface area (Å²) in [6, 6.07) is 4.71. The summed E-state index contributed by atoms with van der Waals surface area (Å²) < 4.78 is 13.3. The summed E-state index contributed by atoms with van der Waals surface area (Å²) in [6.45, 7) is 10.7. The number of piperazine rings is 1. The van der Waals surface area contributed by atoms with Crippen LogP contribution in [-0.2, 0) is 6.54 Å². The van der Waals surface area contributed by atoms with Crippen LogP contribution in [0, 0.1) is 11.7 Å². The molecule has 0 saturated carbocycles. The number of thiocarbonyl (C=S) groups is 1. The van der Waals surface area contributed by atoms with Crippen LogP contribution in [0.1, 0.15) is 25.0 Å². The van der Waals surface area contributed by atoms with Crippen molar-refractivity contribution in [1.29, 1.82) is 0 Å². The Morgan fingerprint density at radius 1 is 1.24 bits per heavy atom. The fourth-order valence-corrected chi connectivity index (χ4v) is 2.99. The molecule has 0 aromatic heterocycles. The van der Waals surface area contributed by atoms with Crippen LogP contribution in [0.25, 0.3) is 0 Å². The van der Waals surface area contributed by atoms with E-state index in [9.17, 15) is 4.39 Å². The zero-order valence-corrected chi connectivity index (χ0v) is 13.6.